The summed E-state index contributed by atoms with van der Waals surface area (Å²) in [6.07, 6.45) is 0. The Morgan fingerprint density at radius 2 is 1.93 bits per heavy atom. The molecule has 0 aliphatic carbocycles. The monoisotopic (exact) mass is 193 g/mol. The van der Waals surface area contributed by atoms with E-state index < -0.39 is 0 Å². The molecule has 1 rings (SSSR count). The molecule has 0 fully saturated rings. The van der Waals surface area contributed by atoms with Gasteiger partial charge in [0.2, 0.25) is 0 Å². The number of nitrogens with zero attached hydrogens (tertiary/aromatic N) is 1. The molecular formula is C10H11NO3. The van der Waals surface area contributed by atoms with Crippen LogP contribution in [0.3, 0.4) is 0 Å². The molecule has 0 N–H and O–H groups in total. The predicted molar refractivity (Wildman–Crippen MR) is 50.7 cm³/mol. The van der Waals surface area contributed by atoms with Crippen molar-refractivity contribution in [1.29, 1.82) is 5.26 Å². The Morgan fingerprint density at radius 3 is 2.50 bits per heavy atom. The number of hydrogen-bond acceptors (Lipinski definition) is 4. The Kier molecular flexibility index (Phi) is 3.62. The van der Waals surface area contributed by atoms with Gasteiger partial charge in [0.1, 0.15) is 11.8 Å². The molecule has 0 radical (unpaired) electrons. The van der Waals surface area contributed by atoms with Crippen molar-refractivity contribution in [2.24, 2.45) is 0 Å². The van der Waals surface area contributed by atoms with Crippen LogP contribution in [0.15, 0.2) is 18.2 Å². The van der Waals surface area contributed by atoms with Gasteiger partial charge in [-0.2, -0.15) is 5.26 Å². The van der Waals surface area contributed by atoms with Gasteiger partial charge in [-0.15, -0.1) is 0 Å². The number of benzene rings is 1. The molecular weight excluding hydrogens is 182 g/mol. The Labute approximate surface area is 82.6 Å². The molecule has 74 valence electrons. The quantitative estimate of drug-likeness (QED) is 0.728. The van der Waals surface area contributed by atoms with Gasteiger partial charge in [-0.05, 0) is 12.1 Å². The van der Waals surface area contributed by atoms with E-state index in [9.17, 15) is 0 Å². The summed E-state index contributed by atoms with van der Waals surface area (Å²) in [5, 5.41) is 8.32. The zero-order valence-corrected chi connectivity index (χ0v) is 8.11. The molecule has 0 aliphatic rings. The van der Waals surface area contributed by atoms with E-state index in [1.807, 2.05) is 6.07 Å². The Morgan fingerprint density at radius 1 is 1.21 bits per heavy atom. The molecule has 0 spiro atoms. The Hall–Kier alpha value is -1.89. The molecule has 0 bridgehead atoms. The largest absolute Gasteiger partial charge is 0.493 e. The van der Waals surface area contributed by atoms with E-state index in [4.69, 9.17) is 19.5 Å². The molecule has 0 unspecified atom stereocenters. The van der Waals surface area contributed by atoms with Gasteiger partial charge in [-0.25, -0.2) is 0 Å². The fraction of sp³-hybridized carbons (Fsp3) is 0.300. The van der Waals surface area contributed by atoms with Crippen LogP contribution >= 0.6 is 0 Å². The molecule has 0 saturated carbocycles. The highest BCUT2D eigenvalue weighted by Crippen LogP contribution is 2.30. The molecule has 0 amide bonds. The van der Waals surface area contributed by atoms with Gasteiger partial charge in [0.15, 0.2) is 18.1 Å². The second kappa shape index (κ2) is 4.97. The molecule has 1 aromatic carbocycles. The van der Waals surface area contributed by atoms with E-state index in [-0.39, 0.29) is 6.61 Å². The molecule has 0 aliphatic heterocycles. The van der Waals surface area contributed by atoms with Crippen molar-refractivity contribution in [1.82, 2.24) is 0 Å². The lowest BCUT2D eigenvalue weighted by molar-refractivity contribution is 0.341. The van der Waals surface area contributed by atoms with Crippen molar-refractivity contribution in [3.63, 3.8) is 0 Å². The van der Waals surface area contributed by atoms with Crippen LogP contribution in [-0.2, 0) is 0 Å². The first-order valence-electron chi connectivity index (χ1n) is 4.03. The van der Waals surface area contributed by atoms with Crippen molar-refractivity contribution in [3.05, 3.63) is 18.2 Å². The predicted octanol–water partition coefficient (Wildman–Crippen LogP) is 1.61. The zero-order chi connectivity index (χ0) is 10.4. The highest BCUT2D eigenvalue weighted by Gasteiger charge is 2.04. The zero-order valence-electron chi connectivity index (χ0n) is 8.11. The van der Waals surface area contributed by atoms with Gasteiger partial charge < -0.3 is 14.2 Å². The summed E-state index contributed by atoms with van der Waals surface area (Å²) >= 11 is 0. The first-order valence-corrected chi connectivity index (χ1v) is 4.03. The van der Waals surface area contributed by atoms with Crippen LogP contribution in [0.1, 0.15) is 0 Å². The van der Waals surface area contributed by atoms with E-state index in [0.29, 0.717) is 17.2 Å². The van der Waals surface area contributed by atoms with Crippen LogP contribution in [-0.4, -0.2) is 20.8 Å². The van der Waals surface area contributed by atoms with E-state index >= 15 is 0 Å². The summed E-state index contributed by atoms with van der Waals surface area (Å²) < 4.78 is 15.2. The average Bonchev–Trinajstić information content (AvgIpc) is 2.25. The number of methoxy groups -OCH3 is 2. The lowest BCUT2D eigenvalue weighted by atomic mass is 10.3. The highest BCUT2D eigenvalue weighted by molar-refractivity contribution is 5.45. The molecule has 0 saturated heterocycles. The molecule has 1 aromatic rings. The third-order valence-electron chi connectivity index (χ3n) is 1.66. The van der Waals surface area contributed by atoms with Crippen LogP contribution in [0.5, 0.6) is 17.2 Å². The topological polar surface area (TPSA) is 51.5 Å². The van der Waals surface area contributed by atoms with E-state index in [0.717, 1.165) is 0 Å². The van der Waals surface area contributed by atoms with E-state index in [1.165, 1.54) is 0 Å². The van der Waals surface area contributed by atoms with E-state index in [1.54, 1.807) is 32.4 Å². The summed E-state index contributed by atoms with van der Waals surface area (Å²) in [6.45, 7) is 0.0233. The third-order valence-corrected chi connectivity index (χ3v) is 1.66. The van der Waals surface area contributed by atoms with Gasteiger partial charge in [-0.3, -0.25) is 0 Å². The summed E-state index contributed by atoms with van der Waals surface area (Å²) in [5.74, 6) is 1.81. The maximum atomic E-state index is 8.32. The minimum absolute atomic E-state index is 0.0233. The Balaban J connectivity index is 2.85. The van der Waals surface area contributed by atoms with Crippen LogP contribution in [0.2, 0.25) is 0 Å². The lowest BCUT2D eigenvalue weighted by Gasteiger charge is -2.08. The van der Waals surface area contributed by atoms with Crippen molar-refractivity contribution >= 4 is 0 Å². The van der Waals surface area contributed by atoms with Crippen LogP contribution in [0, 0.1) is 11.3 Å². The van der Waals surface area contributed by atoms with Gasteiger partial charge in [0.05, 0.1) is 14.2 Å². The number of hydrogen-bond donors (Lipinski definition) is 0. The van der Waals surface area contributed by atoms with Crippen molar-refractivity contribution in [3.8, 4) is 23.3 Å². The molecule has 0 heterocycles. The number of ether oxygens (including phenoxy) is 3. The molecule has 4 nitrogen and oxygen atoms in total. The normalized spacial score (nSPS) is 8.93. The average molecular weight is 193 g/mol. The second-order valence-corrected chi connectivity index (χ2v) is 2.46. The first kappa shape index (κ1) is 10.2. The van der Waals surface area contributed by atoms with Gasteiger partial charge >= 0.3 is 0 Å². The molecule has 14 heavy (non-hydrogen) atoms. The van der Waals surface area contributed by atoms with Gasteiger partial charge in [0.25, 0.3) is 0 Å². The smallest absolute Gasteiger partial charge is 0.174 e. The summed E-state index contributed by atoms with van der Waals surface area (Å²) in [5.41, 5.74) is 0. The summed E-state index contributed by atoms with van der Waals surface area (Å²) in [6, 6.07) is 7.01. The minimum atomic E-state index is 0.0233. The highest BCUT2D eigenvalue weighted by atomic mass is 16.5. The first-order chi connectivity index (χ1) is 6.81. The molecule has 0 atom stereocenters. The van der Waals surface area contributed by atoms with Crippen molar-refractivity contribution < 1.29 is 14.2 Å². The summed E-state index contributed by atoms with van der Waals surface area (Å²) in [4.78, 5) is 0. The molecule has 4 heteroatoms. The standard InChI is InChI=1S/C10H11NO3/c1-12-9-4-3-8(14-6-5-11)7-10(9)13-2/h3-4,7H,6H2,1-2H3. The fourth-order valence-corrected chi connectivity index (χ4v) is 1.02. The Bertz CT molecular complexity index is 344. The van der Waals surface area contributed by atoms with Crippen molar-refractivity contribution in [2.45, 2.75) is 0 Å². The second-order valence-electron chi connectivity index (χ2n) is 2.46. The third kappa shape index (κ3) is 2.30. The SMILES string of the molecule is COc1ccc(OCC#N)cc1OC. The fourth-order valence-electron chi connectivity index (χ4n) is 1.02. The van der Waals surface area contributed by atoms with Crippen LogP contribution in [0.25, 0.3) is 0 Å². The van der Waals surface area contributed by atoms with Crippen LogP contribution in [0.4, 0.5) is 0 Å². The van der Waals surface area contributed by atoms with Gasteiger partial charge in [0, 0.05) is 6.07 Å². The maximum Gasteiger partial charge on any atom is 0.174 e. The lowest BCUT2D eigenvalue weighted by Crippen LogP contribution is -1.95. The van der Waals surface area contributed by atoms with Crippen molar-refractivity contribution in [2.75, 3.05) is 20.8 Å². The summed E-state index contributed by atoms with van der Waals surface area (Å²) in [7, 11) is 3.11. The van der Waals surface area contributed by atoms with E-state index in [2.05, 4.69) is 0 Å². The van der Waals surface area contributed by atoms with Gasteiger partial charge in [-0.1, -0.05) is 0 Å². The number of nitriles is 1. The minimum Gasteiger partial charge on any atom is -0.493 e. The maximum absolute atomic E-state index is 8.32. The number of rotatable bonds is 4. The molecule has 0 aromatic heterocycles. The van der Waals surface area contributed by atoms with Crippen LogP contribution < -0.4 is 14.2 Å².